The van der Waals surface area contributed by atoms with E-state index >= 15 is 0 Å². The highest BCUT2D eigenvalue weighted by molar-refractivity contribution is 7.99. The second-order valence-corrected chi connectivity index (χ2v) is 6.59. The third-order valence-corrected chi connectivity index (χ3v) is 4.69. The van der Waals surface area contributed by atoms with Crippen molar-refractivity contribution in [3.05, 3.63) is 30.1 Å². The number of carbonyl (C=O) groups is 1. The van der Waals surface area contributed by atoms with Gasteiger partial charge in [-0.15, -0.1) is 0 Å². The molecule has 1 saturated heterocycles. The van der Waals surface area contributed by atoms with Crippen molar-refractivity contribution >= 4 is 17.8 Å². The number of rotatable bonds is 5. The predicted octanol–water partition coefficient (Wildman–Crippen LogP) is 1.66. The molecule has 0 bridgehead atoms. The van der Waals surface area contributed by atoms with Crippen LogP contribution in [0.5, 0.6) is 0 Å². The van der Waals surface area contributed by atoms with Gasteiger partial charge < -0.3 is 10.2 Å². The fourth-order valence-corrected chi connectivity index (χ4v) is 2.51. The Morgan fingerprint density at radius 2 is 2.14 bits per heavy atom. The van der Waals surface area contributed by atoms with Crippen molar-refractivity contribution in [2.24, 2.45) is 0 Å². The molecule has 0 aliphatic carbocycles. The summed E-state index contributed by atoms with van der Waals surface area (Å²) in [6.07, 6.45) is 3.89. The van der Waals surface area contributed by atoms with Gasteiger partial charge in [0.05, 0.1) is 5.69 Å². The number of amides is 2. The van der Waals surface area contributed by atoms with Crippen molar-refractivity contribution in [3.63, 3.8) is 0 Å². The minimum absolute atomic E-state index is 0.0633. The number of hydrogen-bond acceptors (Lipinski definition) is 4. The van der Waals surface area contributed by atoms with Crippen LogP contribution in [-0.4, -0.2) is 65.0 Å². The predicted molar refractivity (Wildman–Crippen MR) is 87.5 cm³/mol. The van der Waals surface area contributed by atoms with Gasteiger partial charge in [0.15, 0.2) is 0 Å². The van der Waals surface area contributed by atoms with Crippen LogP contribution >= 0.6 is 11.8 Å². The maximum atomic E-state index is 12.1. The van der Waals surface area contributed by atoms with Crippen molar-refractivity contribution in [1.29, 1.82) is 0 Å². The van der Waals surface area contributed by atoms with E-state index in [9.17, 15) is 4.79 Å². The highest BCUT2D eigenvalue weighted by Gasteiger charge is 2.21. The highest BCUT2D eigenvalue weighted by atomic mass is 32.2. The number of piperazine rings is 1. The first-order chi connectivity index (χ1) is 10.2. The molecule has 116 valence electrons. The lowest BCUT2D eigenvalue weighted by Crippen LogP contribution is -2.52. The summed E-state index contributed by atoms with van der Waals surface area (Å²) in [6, 6.07) is 6.05. The lowest BCUT2D eigenvalue weighted by molar-refractivity contribution is 0.134. The third kappa shape index (κ3) is 5.21. The molecule has 0 saturated carbocycles. The van der Waals surface area contributed by atoms with Crippen LogP contribution in [0, 0.1) is 0 Å². The van der Waals surface area contributed by atoms with Crippen LogP contribution in [0.3, 0.4) is 0 Å². The third-order valence-electron chi connectivity index (χ3n) is 3.71. The molecule has 0 unspecified atom stereocenters. The quantitative estimate of drug-likeness (QED) is 0.899. The molecule has 2 amide bonds. The van der Waals surface area contributed by atoms with E-state index in [1.807, 2.05) is 29.3 Å². The highest BCUT2D eigenvalue weighted by Crippen LogP contribution is 2.07. The number of thioether (sulfide) groups is 1. The fraction of sp³-hybridized carbons (Fsp3) is 0.600. The van der Waals surface area contributed by atoms with Crippen molar-refractivity contribution < 1.29 is 4.79 Å². The zero-order valence-corrected chi connectivity index (χ0v) is 13.6. The number of hydrogen-bond donors (Lipinski definition) is 1. The van der Waals surface area contributed by atoms with Crippen LogP contribution in [0.25, 0.3) is 0 Å². The first-order valence-electron chi connectivity index (χ1n) is 7.37. The Morgan fingerprint density at radius 1 is 1.38 bits per heavy atom. The van der Waals surface area contributed by atoms with Gasteiger partial charge in [-0.05, 0) is 18.4 Å². The first-order valence-corrected chi connectivity index (χ1v) is 8.65. The number of aromatic nitrogens is 1. The van der Waals surface area contributed by atoms with Crippen molar-refractivity contribution in [2.75, 3.05) is 39.0 Å². The van der Waals surface area contributed by atoms with Crippen molar-refractivity contribution in [3.8, 4) is 0 Å². The van der Waals surface area contributed by atoms with Gasteiger partial charge in [0.25, 0.3) is 0 Å². The Balaban J connectivity index is 1.71. The molecule has 2 rings (SSSR count). The Hall–Kier alpha value is -1.27. The number of nitrogens with one attached hydrogen (secondary N) is 1. The van der Waals surface area contributed by atoms with Crippen LogP contribution in [0.2, 0.25) is 0 Å². The standard InChI is InChI=1S/C15H24N4OS/c1-13(21-2)11-17-15(20)19-9-7-18(8-10-19)12-14-5-3-4-6-16-14/h3-6,13H,7-12H2,1-2H3,(H,17,20)/t13-/m1/s1. The van der Waals surface area contributed by atoms with Gasteiger partial charge in [0.2, 0.25) is 0 Å². The van der Waals surface area contributed by atoms with E-state index in [-0.39, 0.29) is 6.03 Å². The summed E-state index contributed by atoms with van der Waals surface area (Å²) in [7, 11) is 0. The molecule has 1 aromatic heterocycles. The van der Waals surface area contributed by atoms with Gasteiger partial charge in [-0.1, -0.05) is 13.0 Å². The van der Waals surface area contributed by atoms with Gasteiger partial charge in [-0.2, -0.15) is 11.8 Å². The van der Waals surface area contributed by atoms with Crippen LogP contribution in [0.15, 0.2) is 24.4 Å². The van der Waals surface area contributed by atoms with Crippen molar-refractivity contribution in [1.82, 2.24) is 20.1 Å². The molecule has 1 N–H and O–H groups in total. The molecule has 21 heavy (non-hydrogen) atoms. The normalized spacial score (nSPS) is 17.5. The summed E-state index contributed by atoms with van der Waals surface area (Å²) in [5.41, 5.74) is 1.09. The molecule has 6 heteroatoms. The Morgan fingerprint density at radius 3 is 2.76 bits per heavy atom. The molecule has 1 fully saturated rings. The van der Waals surface area contributed by atoms with Crippen molar-refractivity contribution in [2.45, 2.75) is 18.7 Å². The number of urea groups is 1. The Labute approximate surface area is 131 Å². The molecule has 0 radical (unpaired) electrons. The van der Waals surface area contributed by atoms with E-state index in [4.69, 9.17) is 0 Å². The molecule has 1 aliphatic heterocycles. The molecule has 0 spiro atoms. The number of nitrogens with zero attached hydrogens (tertiary/aromatic N) is 3. The summed E-state index contributed by atoms with van der Waals surface area (Å²) in [5.74, 6) is 0. The van der Waals surface area contributed by atoms with Crippen LogP contribution < -0.4 is 5.32 Å². The van der Waals surface area contributed by atoms with Gasteiger partial charge in [-0.3, -0.25) is 9.88 Å². The molecular formula is C15H24N4OS. The summed E-state index contributed by atoms with van der Waals surface area (Å²) >= 11 is 1.77. The minimum atomic E-state index is 0.0633. The molecule has 1 aromatic rings. The summed E-state index contributed by atoms with van der Waals surface area (Å²) in [6.45, 7) is 7.09. The Kier molecular flexibility index (Phi) is 6.32. The fourth-order valence-electron chi connectivity index (χ4n) is 2.26. The Bertz CT molecular complexity index is 435. The van der Waals surface area contributed by atoms with E-state index in [1.54, 1.807) is 11.8 Å². The molecule has 2 heterocycles. The maximum Gasteiger partial charge on any atom is 0.317 e. The molecule has 5 nitrogen and oxygen atoms in total. The van der Waals surface area contributed by atoms with Crippen LogP contribution in [0.4, 0.5) is 4.79 Å². The van der Waals surface area contributed by atoms with E-state index in [0.717, 1.165) is 45.0 Å². The SMILES string of the molecule is CS[C@H](C)CNC(=O)N1CCN(Cc2ccccn2)CC1. The molecule has 0 aromatic carbocycles. The molecular weight excluding hydrogens is 284 g/mol. The van der Waals surface area contributed by atoms with Gasteiger partial charge in [-0.25, -0.2) is 4.79 Å². The average Bonchev–Trinajstić information content (AvgIpc) is 2.54. The van der Waals surface area contributed by atoms with Crippen LogP contribution in [0.1, 0.15) is 12.6 Å². The lowest BCUT2D eigenvalue weighted by atomic mass is 10.3. The smallest absolute Gasteiger partial charge is 0.317 e. The first kappa shape index (κ1) is 16.1. The van der Waals surface area contributed by atoms with Gasteiger partial charge >= 0.3 is 6.03 Å². The second-order valence-electron chi connectivity index (χ2n) is 5.32. The lowest BCUT2D eigenvalue weighted by Gasteiger charge is -2.34. The van der Waals surface area contributed by atoms with Gasteiger partial charge in [0.1, 0.15) is 0 Å². The maximum absolute atomic E-state index is 12.1. The largest absolute Gasteiger partial charge is 0.337 e. The summed E-state index contributed by atoms with van der Waals surface area (Å²) in [4.78, 5) is 20.7. The average molecular weight is 308 g/mol. The minimum Gasteiger partial charge on any atom is -0.337 e. The van der Waals surface area contributed by atoms with E-state index in [0.29, 0.717) is 5.25 Å². The summed E-state index contributed by atoms with van der Waals surface area (Å²) in [5, 5.41) is 3.46. The molecule has 1 aliphatic rings. The van der Waals surface area contributed by atoms with Gasteiger partial charge in [0, 0.05) is 50.7 Å². The zero-order chi connectivity index (χ0) is 15.1. The number of pyridine rings is 1. The van der Waals surface area contributed by atoms with E-state index in [1.165, 1.54) is 0 Å². The van der Waals surface area contributed by atoms with Crippen LogP contribution in [-0.2, 0) is 6.54 Å². The topological polar surface area (TPSA) is 48.5 Å². The molecule has 1 atom stereocenters. The second kappa shape index (κ2) is 8.24. The summed E-state index contributed by atoms with van der Waals surface area (Å²) < 4.78 is 0. The zero-order valence-electron chi connectivity index (χ0n) is 12.8. The van der Waals surface area contributed by atoms with E-state index < -0.39 is 0 Å². The van der Waals surface area contributed by atoms with E-state index in [2.05, 4.69) is 28.4 Å². The number of carbonyl (C=O) groups excluding carboxylic acids is 1. The monoisotopic (exact) mass is 308 g/mol.